The summed E-state index contributed by atoms with van der Waals surface area (Å²) in [7, 11) is -1.26. The molecule has 0 aliphatic rings. The highest BCUT2D eigenvalue weighted by atomic mass is 28.3. The van der Waals surface area contributed by atoms with Gasteiger partial charge in [0.05, 0.1) is 6.61 Å². The lowest BCUT2D eigenvalue weighted by Gasteiger charge is -2.12. The Morgan fingerprint density at radius 3 is 2.36 bits per heavy atom. The minimum Gasteiger partial charge on any atom is -0.463 e. The van der Waals surface area contributed by atoms with E-state index < -0.39 is 15.3 Å². The second kappa shape index (κ2) is 8.92. The van der Waals surface area contributed by atoms with E-state index in [-0.39, 0.29) is 0 Å². The van der Waals surface area contributed by atoms with E-state index >= 15 is 0 Å². The standard InChI is InChI=1S/C9H17O4Si/c1-4-9(10)11-7-8-14(12-5-2)13-6-3/h4H,1,5-8H2,2-3H3. The third-order valence-corrected chi connectivity index (χ3v) is 3.16. The number of carbonyl (C=O) groups excluding carboxylic acids is 1. The molecular weight excluding hydrogens is 200 g/mol. The quantitative estimate of drug-likeness (QED) is 0.349. The molecule has 0 atom stereocenters. The lowest BCUT2D eigenvalue weighted by Crippen LogP contribution is -2.25. The molecule has 0 aliphatic carbocycles. The van der Waals surface area contributed by atoms with Crippen molar-refractivity contribution in [2.24, 2.45) is 0 Å². The second-order valence-corrected chi connectivity index (χ2v) is 4.18. The van der Waals surface area contributed by atoms with Gasteiger partial charge in [-0.25, -0.2) is 4.79 Å². The third kappa shape index (κ3) is 6.82. The highest BCUT2D eigenvalue weighted by Gasteiger charge is 2.14. The molecule has 0 aromatic carbocycles. The van der Waals surface area contributed by atoms with Gasteiger partial charge in [0.25, 0.3) is 0 Å². The molecule has 1 radical (unpaired) electrons. The van der Waals surface area contributed by atoms with Crippen LogP contribution in [0.5, 0.6) is 0 Å². The lowest BCUT2D eigenvalue weighted by molar-refractivity contribution is -0.137. The van der Waals surface area contributed by atoms with Crippen molar-refractivity contribution in [1.82, 2.24) is 0 Å². The zero-order chi connectivity index (χ0) is 10.8. The predicted molar refractivity (Wildman–Crippen MR) is 55.0 cm³/mol. The van der Waals surface area contributed by atoms with E-state index in [1.807, 2.05) is 13.8 Å². The molecule has 0 saturated carbocycles. The Bertz CT molecular complexity index is 166. The first-order valence-corrected chi connectivity index (χ1v) is 6.17. The fraction of sp³-hybridized carbons (Fsp3) is 0.667. The normalized spacial score (nSPS) is 10.2. The van der Waals surface area contributed by atoms with Crippen molar-refractivity contribution < 1.29 is 18.4 Å². The molecule has 0 amide bonds. The first-order chi connectivity index (χ1) is 6.74. The summed E-state index contributed by atoms with van der Waals surface area (Å²) in [5.74, 6) is -0.403. The van der Waals surface area contributed by atoms with Gasteiger partial charge >= 0.3 is 15.3 Å². The van der Waals surface area contributed by atoms with Crippen LogP contribution in [-0.4, -0.2) is 35.1 Å². The van der Waals surface area contributed by atoms with Gasteiger partial charge in [0.2, 0.25) is 0 Å². The Morgan fingerprint density at radius 2 is 1.93 bits per heavy atom. The molecule has 0 aliphatic heterocycles. The average Bonchev–Trinajstić information content (AvgIpc) is 2.18. The van der Waals surface area contributed by atoms with Crippen molar-refractivity contribution in [1.29, 1.82) is 0 Å². The van der Waals surface area contributed by atoms with Crippen molar-refractivity contribution >= 4 is 15.3 Å². The zero-order valence-corrected chi connectivity index (χ0v) is 9.75. The second-order valence-electron chi connectivity index (χ2n) is 2.36. The van der Waals surface area contributed by atoms with Crippen molar-refractivity contribution in [3.63, 3.8) is 0 Å². The summed E-state index contributed by atoms with van der Waals surface area (Å²) in [6.07, 6.45) is 1.15. The van der Waals surface area contributed by atoms with Crippen molar-refractivity contribution in [3.05, 3.63) is 12.7 Å². The van der Waals surface area contributed by atoms with Crippen LogP contribution in [0.25, 0.3) is 0 Å². The monoisotopic (exact) mass is 217 g/mol. The van der Waals surface area contributed by atoms with Crippen molar-refractivity contribution in [2.45, 2.75) is 19.9 Å². The predicted octanol–water partition coefficient (Wildman–Crippen LogP) is 1.28. The summed E-state index contributed by atoms with van der Waals surface area (Å²) < 4.78 is 15.5. The number of esters is 1. The summed E-state index contributed by atoms with van der Waals surface area (Å²) in [6, 6.07) is 0.645. The minimum atomic E-state index is -1.26. The van der Waals surface area contributed by atoms with E-state index in [1.165, 1.54) is 0 Å². The van der Waals surface area contributed by atoms with E-state index in [0.29, 0.717) is 25.9 Å². The summed E-state index contributed by atoms with van der Waals surface area (Å²) in [5, 5.41) is 0. The minimum absolute atomic E-state index is 0.332. The van der Waals surface area contributed by atoms with Crippen LogP contribution < -0.4 is 0 Å². The van der Waals surface area contributed by atoms with Crippen LogP contribution in [0.3, 0.4) is 0 Å². The van der Waals surface area contributed by atoms with Crippen molar-refractivity contribution in [3.8, 4) is 0 Å². The van der Waals surface area contributed by atoms with E-state index in [0.717, 1.165) is 6.08 Å². The molecule has 81 valence electrons. The average molecular weight is 217 g/mol. The summed E-state index contributed by atoms with van der Waals surface area (Å²) >= 11 is 0. The number of hydrogen-bond donors (Lipinski definition) is 0. The van der Waals surface area contributed by atoms with Crippen LogP contribution in [0, 0.1) is 0 Å². The van der Waals surface area contributed by atoms with E-state index in [1.54, 1.807) is 0 Å². The molecular formula is C9H17O4Si. The van der Waals surface area contributed by atoms with Gasteiger partial charge in [-0.2, -0.15) is 0 Å². The van der Waals surface area contributed by atoms with Gasteiger partial charge in [-0.05, 0) is 13.8 Å². The number of carbonyl (C=O) groups is 1. The highest BCUT2D eigenvalue weighted by molar-refractivity contribution is 6.44. The summed E-state index contributed by atoms with van der Waals surface area (Å²) in [6.45, 7) is 8.72. The topological polar surface area (TPSA) is 44.8 Å². The fourth-order valence-corrected chi connectivity index (χ4v) is 2.09. The fourth-order valence-electron chi connectivity index (χ4n) is 0.802. The van der Waals surface area contributed by atoms with Gasteiger partial charge < -0.3 is 13.6 Å². The molecule has 0 bridgehead atoms. The molecule has 0 unspecified atom stereocenters. The smallest absolute Gasteiger partial charge is 0.388 e. The maximum absolute atomic E-state index is 10.7. The van der Waals surface area contributed by atoms with Crippen LogP contribution in [0.15, 0.2) is 12.7 Å². The first kappa shape index (κ1) is 13.3. The Balaban J connectivity index is 3.58. The maximum atomic E-state index is 10.7. The number of ether oxygens (including phenoxy) is 1. The Hall–Kier alpha value is -0.653. The van der Waals surface area contributed by atoms with Crippen molar-refractivity contribution in [2.75, 3.05) is 19.8 Å². The zero-order valence-electron chi connectivity index (χ0n) is 8.75. The summed E-state index contributed by atoms with van der Waals surface area (Å²) in [5.41, 5.74) is 0. The Morgan fingerprint density at radius 1 is 1.36 bits per heavy atom. The molecule has 0 N–H and O–H groups in total. The molecule has 0 saturated heterocycles. The molecule has 14 heavy (non-hydrogen) atoms. The SMILES string of the molecule is C=CC(=O)OCC[Si](OCC)OCC. The van der Waals surface area contributed by atoms with Gasteiger partial charge in [-0.1, -0.05) is 6.58 Å². The van der Waals surface area contributed by atoms with Crippen LogP contribution in [0.1, 0.15) is 13.8 Å². The third-order valence-electron chi connectivity index (χ3n) is 1.33. The van der Waals surface area contributed by atoms with Gasteiger partial charge in [0.15, 0.2) is 0 Å². The number of rotatable bonds is 8. The highest BCUT2D eigenvalue weighted by Crippen LogP contribution is 1.98. The van der Waals surface area contributed by atoms with Crippen LogP contribution in [-0.2, 0) is 18.4 Å². The van der Waals surface area contributed by atoms with E-state index in [9.17, 15) is 4.79 Å². The van der Waals surface area contributed by atoms with Crippen LogP contribution in [0.4, 0.5) is 0 Å². The van der Waals surface area contributed by atoms with Gasteiger partial charge in [-0.15, -0.1) is 0 Å². The van der Waals surface area contributed by atoms with Gasteiger partial charge in [-0.3, -0.25) is 0 Å². The number of hydrogen-bond acceptors (Lipinski definition) is 4. The van der Waals surface area contributed by atoms with Crippen LogP contribution in [0.2, 0.25) is 6.04 Å². The molecule has 5 heteroatoms. The molecule has 0 rings (SSSR count). The van der Waals surface area contributed by atoms with Gasteiger partial charge in [0.1, 0.15) is 0 Å². The van der Waals surface area contributed by atoms with Crippen LogP contribution >= 0.6 is 0 Å². The molecule has 0 aromatic heterocycles. The van der Waals surface area contributed by atoms with E-state index in [2.05, 4.69) is 6.58 Å². The largest absolute Gasteiger partial charge is 0.463 e. The molecule has 0 fully saturated rings. The Labute approximate surface area is 86.7 Å². The lowest BCUT2D eigenvalue weighted by atomic mass is 10.6. The van der Waals surface area contributed by atoms with E-state index in [4.69, 9.17) is 13.6 Å². The summed E-state index contributed by atoms with van der Waals surface area (Å²) in [4.78, 5) is 10.7. The molecule has 4 nitrogen and oxygen atoms in total. The maximum Gasteiger partial charge on any atom is 0.388 e. The molecule has 0 heterocycles. The van der Waals surface area contributed by atoms with Gasteiger partial charge in [0, 0.05) is 25.3 Å². The first-order valence-electron chi connectivity index (χ1n) is 4.65. The molecule has 0 aromatic rings. The molecule has 0 spiro atoms. The Kier molecular flexibility index (Phi) is 8.51.